The summed E-state index contributed by atoms with van der Waals surface area (Å²) >= 11 is 16.9. The lowest BCUT2D eigenvalue weighted by Crippen LogP contribution is -2.24. The van der Waals surface area contributed by atoms with Crippen LogP contribution in [-0.4, -0.2) is 15.0 Å². The zero-order valence-electron chi connectivity index (χ0n) is 8.00. The first-order chi connectivity index (χ1) is 7.31. The highest BCUT2D eigenvalue weighted by molar-refractivity contribution is 7.89. The topological polar surface area (TPSA) is 46.2 Å². The highest BCUT2D eigenvalue weighted by Crippen LogP contribution is 2.22. The third kappa shape index (κ3) is 3.96. The van der Waals surface area contributed by atoms with E-state index in [1.165, 1.54) is 18.2 Å². The molecule has 0 aliphatic rings. The standard InChI is InChI=1S/C9H8Cl3NO2S/c1-6(10)5-13-16(14,15)9-3-7(11)2-8(12)4-9/h2-4,13H,1,5H2. The van der Waals surface area contributed by atoms with Crippen LogP contribution in [0.1, 0.15) is 0 Å². The van der Waals surface area contributed by atoms with E-state index < -0.39 is 10.0 Å². The highest BCUT2D eigenvalue weighted by atomic mass is 35.5. The number of halogens is 3. The van der Waals surface area contributed by atoms with Crippen molar-refractivity contribution in [3.8, 4) is 0 Å². The van der Waals surface area contributed by atoms with Crippen LogP contribution in [0.3, 0.4) is 0 Å². The van der Waals surface area contributed by atoms with Crippen LogP contribution in [-0.2, 0) is 10.0 Å². The molecule has 88 valence electrons. The van der Waals surface area contributed by atoms with Gasteiger partial charge in [0.25, 0.3) is 0 Å². The molecule has 0 heterocycles. The van der Waals surface area contributed by atoms with Gasteiger partial charge in [0.15, 0.2) is 0 Å². The van der Waals surface area contributed by atoms with Crippen molar-refractivity contribution < 1.29 is 8.42 Å². The lowest BCUT2D eigenvalue weighted by molar-refractivity contribution is 0.585. The van der Waals surface area contributed by atoms with Crippen molar-refractivity contribution in [3.05, 3.63) is 39.9 Å². The maximum absolute atomic E-state index is 11.7. The molecular weight excluding hydrogens is 293 g/mol. The summed E-state index contributed by atoms with van der Waals surface area (Å²) < 4.78 is 25.7. The second-order valence-corrected chi connectivity index (χ2v) is 6.12. The van der Waals surface area contributed by atoms with Crippen LogP contribution in [0.2, 0.25) is 10.0 Å². The average molecular weight is 301 g/mol. The van der Waals surface area contributed by atoms with Crippen molar-refractivity contribution in [2.45, 2.75) is 4.90 Å². The van der Waals surface area contributed by atoms with E-state index in [4.69, 9.17) is 34.8 Å². The lowest BCUT2D eigenvalue weighted by atomic mass is 10.4. The molecule has 0 aliphatic carbocycles. The Kier molecular flexibility index (Phi) is 4.64. The van der Waals surface area contributed by atoms with E-state index in [1.54, 1.807) is 0 Å². The van der Waals surface area contributed by atoms with Crippen molar-refractivity contribution in [2.24, 2.45) is 0 Å². The Morgan fingerprint density at radius 3 is 2.19 bits per heavy atom. The van der Waals surface area contributed by atoms with Gasteiger partial charge in [-0.2, -0.15) is 0 Å². The number of rotatable bonds is 4. The van der Waals surface area contributed by atoms with Gasteiger partial charge in [0.2, 0.25) is 10.0 Å². The van der Waals surface area contributed by atoms with Gasteiger partial charge in [-0.1, -0.05) is 41.4 Å². The molecule has 0 atom stereocenters. The summed E-state index contributed by atoms with van der Waals surface area (Å²) in [7, 11) is -3.66. The summed E-state index contributed by atoms with van der Waals surface area (Å²) in [5.74, 6) is 0. The van der Waals surface area contributed by atoms with Crippen LogP contribution in [0.15, 0.2) is 34.7 Å². The van der Waals surface area contributed by atoms with Crippen LogP contribution in [0.4, 0.5) is 0 Å². The molecule has 1 rings (SSSR count). The molecule has 7 heteroatoms. The molecule has 3 nitrogen and oxygen atoms in total. The number of hydrogen-bond donors (Lipinski definition) is 1. The maximum Gasteiger partial charge on any atom is 0.241 e. The van der Waals surface area contributed by atoms with E-state index in [-0.39, 0.29) is 26.5 Å². The van der Waals surface area contributed by atoms with Gasteiger partial charge >= 0.3 is 0 Å². The van der Waals surface area contributed by atoms with Crippen molar-refractivity contribution in [1.29, 1.82) is 0 Å². The van der Waals surface area contributed by atoms with E-state index in [2.05, 4.69) is 11.3 Å². The van der Waals surface area contributed by atoms with Gasteiger partial charge in [0.05, 0.1) is 4.90 Å². The van der Waals surface area contributed by atoms with E-state index >= 15 is 0 Å². The Morgan fingerprint density at radius 2 is 1.75 bits per heavy atom. The molecule has 0 radical (unpaired) electrons. The molecule has 0 saturated heterocycles. The largest absolute Gasteiger partial charge is 0.241 e. The highest BCUT2D eigenvalue weighted by Gasteiger charge is 2.15. The quantitative estimate of drug-likeness (QED) is 0.929. The zero-order chi connectivity index (χ0) is 12.3. The Morgan fingerprint density at radius 1 is 1.25 bits per heavy atom. The van der Waals surface area contributed by atoms with E-state index in [1.807, 2.05) is 0 Å². The van der Waals surface area contributed by atoms with Gasteiger partial charge in [0.1, 0.15) is 0 Å². The van der Waals surface area contributed by atoms with Crippen LogP contribution in [0.25, 0.3) is 0 Å². The SMILES string of the molecule is C=C(Cl)CNS(=O)(=O)c1cc(Cl)cc(Cl)c1. The smallest absolute Gasteiger partial charge is 0.207 e. The fourth-order valence-corrected chi connectivity index (χ4v) is 2.84. The minimum Gasteiger partial charge on any atom is -0.207 e. The number of sulfonamides is 1. The Bertz CT molecular complexity index is 493. The second kappa shape index (κ2) is 5.38. The van der Waals surface area contributed by atoms with Crippen LogP contribution in [0, 0.1) is 0 Å². The number of nitrogens with one attached hydrogen (secondary N) is 1. The van der Waals surface area contributed by atoms with Crippen molar-refractivity contribution in [2.75, 3.05) is 6.54 Å². The first kappa shape index (κ1) is 13.8. The average Bonchev–Trinajstić information content (AvgIpc) is 2.13. The third-order valence-corrected chi connectivity index (χ3v) is 3.55. The number of hydrogen-bond acceptors (Lipinski definition) is 2. The molecule has 0 aromatic heterocycles. The molecule has 0 amide bonds. The van der Waals surface area contributed by atoms with Crippen LogP contribution in [0.5, 0.6) is 0 Å². The summed E-state index contributed by atoms with van der Waals surface area (Å²) in [6, 6.07) is 4.04. The normalized spacial score (nSPS) is 11.4. The minimum atomic E-state index is -3.66. The van der Waals surface area contributed by atoms with E-state index in [0.29, 0.717) is 0 Å². The van der Waals surface area contributed by atoms with Gasteiger partial charge in [-0.25, -0.2) is 13.1 Å². The van der Waals surface area contributed by atoms with Gasteiger partial charge in [0, 0.05) is 21.6 Å². The molecule has 1 N–H and O–H groups in total. The molecule has 0 fully saturated rings. The number of benzene rings is 1. The lowest BCUT2D eigenvalue weighted by Gasteiger charge is -2.06. The van der Waals surface area contributed by atoms with E-state index in [0.717, 1.165) is 0 Å². The van der Waals surface area contributed by atoms with Crippen LogP contribution >= 0.6 is 34.8 Å². The molecule has 0 saturated carbocycles. The molecular formula is C9H8Cl3NO2S. The summed E-state index contributed by atoms with van der Waals surface area (Å²) in [4.78, 5) is -0.0112. The Hall–Kier alpha value is -0.260. The monoisotopic (exact) mass is 299 g/mol. The first-order valence-electron chi connectivity index (χ1n) is 4.10. The van der Waals surface area contributed by atoms with Crippen LogP contribution < -0.4 is 4.72 Å². The molecule has 1 aromatic carbocycles. The van der Waals surface area contributed by atoms with Crippen molar-refractivity contribution >= 4 is 44.8 Å². The van der Waals surface area contributed by atoms with Gasteiger partial charge in [-0.15, -0.1) is 0 Å². The predicted octanol–water partition coefficient (Wildman–Crippen LogP) is 3.02. The molecule has 0 aliphatic heterocycles. The summed E-state index contributed by atoms with van der Waals surface area (Å²) in [6.07, 6.45) is 0. The Labute approximate surface area is 109 Å². The van der Waals surface area contributed by atoms with Crippen molar-refractivity contribution in [3.63, 3.8) is 0 Å². The minimum absolute atomic E-state index is 0.0112. The molecule has 0 bridgehead atoms. The maximum atomic E-state index is 11.7. The van der Waals surface area contributed by atoms with Crippen molar-refractivity contribution in [1.82, 2.24) is 4.72 Å². The molecule has 1 aromatic rings. The fraction of sp³-hybridized carbons (Fsp3) is 0.111. The first-order valence-corrected chi connectivity index (χ1v) is 6.72. The molecule has 16 heavy (non-hydrogen) atoms. The van der Waals surface area contributed by atoms with Gasteiger partial charge in [-0.3, -0.25) is 0 Å². The fourth-order valence-electron chi connectivity index (χ4n) is 0.940. The molecule has 0 spiro atoms. The van der Waals surface area contributed by atoms with Gasteiger partial charge < -0.3 is 0 Å². The Balaban J connectivity index is 3.02. The summed E-state index contributed by atoms with van der Waals surface area (Å²) in [5, 5.41) is 0.687. The zero-order valence-corrected chi connectivity index (χ0v) is 11.1. The van der Waals surface area contributed by atoms with E-state index in [9.17, 15) is 8.42 Å². The molecule has 0 unspecified atom stereocenters. The predicted molar refractivity (Wildman–Crippen MR) is 66.6 cm³/mol. The van der Waals surface area contributed by atoms with Gasteiger partial charge in [-0.05, 0) is 18.2 Å². The second-order valence-electron chi connectivity index (χ2n) is 2.95. The summed E-state index contributed by atoms with van der Waals surface area (Å²) in [6.45, 7) is 3.33. The third-order valence-electron chi connectivity index (χ3n) is 1.60. The summed E-state index contributed by atoms with van der Waals surface area (Å²) in [5.41, 5.74) is 0.